The summed E-state index contributed by atoms with van der Waals surface area (Å²) < 4.78 is 43.4. The molecule has 14 heteroatoms. The van der Waals surface area contributed by atoms with Crippen LogP contribution in [0.2, 0.25) is 0 Å². The smallest absolute Gasteiger partial charge is 0.238 e. The Morgan fingerprint density at radius 2 is 0.793 bits per heavy atom. The summed E-state index contributed by atoms with van der Waals surface area (Å²) in [5.74, 6) is 5.04. The van der Waals surface area contributed by atoms with Gasteiger partial charge < -0.3 is 47.7 Å². The van der Waals surface area contributed by atoms with E-state index in [0.717, 1.165) is 46.2 Å². The standard InChI is InChI=1S/2C22H26ClNO5/c2*1-26-18-6-5-14(10-19(18)27-2)9-17-16-12-21(29-4)20(28-3)11-15(16)7-8-24(17)22(25)13-23/h2*5-6,10-12,17H,7-9,13H2,1-4H3/t2*17-/m10/s1. The minimum atomic E-state index is -0.164. The molecule has 0 N–H and O–H groups in total. The summed E-state index contributed by atoms with van der Waals surface area (Å²) in [5.41, 5.74) is 6.44. The molecule has 4 aromatic carbocycles. The second kappa shape index (κ2) is 20.5. The fraction of sp³-hybridized carbons (Fsp3) is 0.409. The summed E-state index contributed by atoms with van der Waals surface area (Å²) in [7, 11) is 12.9. The Labute approximate surface area is 350 Å². The fourth-order valence-electron chi connectivity index (χ4n) is 7.71. The van der Waals surface area contributed by atoms with Gasteiger partial charge in [0, 0.05) is 13.1 Å². The third-order valence-corrected chi connectivity index (χ3v) is 11.1. The lowest BCUT2D eigenvalue weighted by Crippen LogP contribution is -2.41. The van der Waals surface area contributed by atoms with Gasteiger partial charge in [0.15, 0.2) is 46.0 Å². The zero-order valence-electron chi connectivity index (χ0n) is 34.3. The Kier molecular flexibility index (Phi) is 15.5. The number of ether oxygens (including phenoxy) is 8. The van der Waals surface area contributed by atoms with Gasteiger partial charge in [-0.15, -0.1) is 23.2 Å². The van der Waals surface area contributed by atoms with Crippen LogP contribution in [0.25, 0.3) is 0 Å². The second-order valence-electron chi connectivity index (χ2n) is 13.6. The van der Waals surface area contributed by atoms with Crippen molar-refractivity contribution in [2.75, 3.05) is 81.7 Å². The zero-order valence-corrected chi connectivity index (χ0v) is 35.8. The van der Waals surface area contributed by atoms with E-state index in [2.05, 4.69) is 0 Å². The fourth-order valence-corrected chi connectivity index (χ4v) is 8.02. The number of hydrogen-bond donors (Lipinski definition) is 0. The number of nitrogens with zero attached hydrogens (tertiary/aromatic N) is 2. The van der Waals surface area contributed by atoms with Crippen molar-refractivity contribution in [1.82, 2.24) is 9.80 Å². The molecule has 58 heavy (non-hydrogen) atoms. The average Bonchev–Trinajstić information content (AvgIpc) is 3.27. The van der Waals surface area contributed by atoms with E-state index >= 15 is 0 Å². The van der Waals surface area contributed by atoms with Crippen LogP contribution < -0.4 is 37.9 Å². The SMILES string of the molecule is COc1ccc(C[C@@H]2c3cc(OC)c(OC)cc3CCN2C(=O)CCl)cc1OC.COc1ccc(C[C@H]2c3cc(OC)c(OC)cc3CCN2C(=O)CCl)cc1OC. The van der Waals surface area contributed by atoms with Crippen molar-refractivity contribution in [1.29, 1.82) is 0 Å². The second-order valence-corrected chi connectivity index (χ2v) is 14.1. The molecule has 0 saturated carbocycles. The van der Waals surface area contributed by atoms with Gasteiger partial charge in [-0.1, -0.05) is 12.1 Å². The van der Waals surface area contributed by atoms with Gasteiger partial charge in [-0.05, 0) is 108 Å². The van der Waals surface area contributed by atoms with Gasteiger partial charge in [0.05, 0.1) is 69.0 Å². The van der Waals surface area contributed by atoms with Crippen molar-refractivity contribution in [3.8, 4) is 46.0 Å². The summed E-state index contributed by atoms with van der Waals surface area (Å²) in [4.78, 5) is 28.8. The molecule has 6 rings (SSSR count). The van der Waals surface area contributed by atoms with Crippen molar-refractivity contribution in [2.45, 2.75) is 37.8 Å². The lowest BCUT2D eigenvalue weighted by Gasteiger charge is -2.38. The molecular weight excluding hydrogens is 787 g/mol. The highest BCUT2D eigenvalue weighted by Crippen LogP contribution is 2.42. The van der Waals surface area contributed by atoms with Crippen LogP contribution in [-0.2, 0) is 35.3 Å². The molecule has 4 aromatic rings. The first-order chi connectivity index (χ1) is 28.1. The minimum Gasteiger partial charge on any atom is -0.493 e. The quantitative estimate of drug-likeness (QED) is 0.120. The van der Waals surface area contributed by atoms with Gasteiger partial charge in [-0.25, -0.2) is 0 Å². The minimum absolute atomic E-state index is 0.0505. The van der Waals surface area contributed by atoms with Gasteiger partial charge in [0.2, 0.25) is 11.8 Å². The van der Waals surface area contributed by atoms with Gasteiger partial charge in [-0.3, -0.25) is 9.59 Å². The maximum Gasteiger partial charge on any atom is 0.238 e. The van der Waals surface area contributed by atoms with Crippen molar-refractivity contribution >= 4 is 35.0 Å². The molecule has 0 aliphatic carbocycles. The van der Waals surface area contributed by atoms with Gasteiger partial charge in [-0.2, -0.15) is 0 Å². The number of carbonyl (C=O) groups excluding carboxylic acids is 2. The molecule has 312 valence electrons. The number of fused-ring (bicyclic) bond motifs is 2. The van der Waals surface area contributed by atoms with Crippen molar-refractivity contribution in [3.05, 3.63) is 94.0 Å². The van der Waals surface area contributed by atoms with Crippen molar-refractivity contribution < 1.29 is 47.5 Å². The van der Waals surface area contributed by atoms with Crippen LogP contribution in [0.3, 0.4) is 0 Å². The maximum absolute atomic E-state index is 12.6. The molecule has 2 aliphatic rings. The summed E-state index contributed by atoms with van der Waals surface area (Å²) in [6, 6.07) is 19.2. The van der Waals surface area contributed by atoms with E-state index in [-0.39, 0.29) is 35.7 Å². The Morgan fingerprint density at radius 3 is 1.10 bits per heavy atom. The van der Waals surface area contributed by atoms with Crippen LogP contribution in [0, 0.1) is 0 Å². The maximum atomic E-state index is 12.6. The molecule has 0 saturated heterocycles. The third-order valence-electron chi connectivity index (χ3n) is 10.6. The zero-order chi connectivity index (χ0) is 41.9. The van der Waals surface area contributed by atoms with E-state index in [9.17, 15) is 9.59 Å². The number of halogens is 2. The summed E-state index contributed by atoms with van der Waals surface area (Å²) in [6.07, 6.45) is 2.71. The predicted octanol–water partition coefficient (Wildman–Crippen LogP) is 7.26. The van der Waals surface area contributed by atoms with Gasteiger partial charge in [0.1, 0.15) is 11.8 Å². The molecule has 2 aliphatic heterocycles. The van der Waals surface area contributed by atoms with E-state index in [0.29, 0.717) is 71.9 Å². The largest absolute Gasteiger partial charge is 0.493 e. The lowest BCUT2D eigenvalue weighted by atomic mass is 9.88. The van der Waals surface area contributed by atoms with Crippen LogP contribution >= 0.6 is 23.2 Å². The molecule has 0 bridgehead atoms. The average molecular weight is 840 g/mol. The molecule has 2 atom stereocenters. The Bertz CT molecular complexity index is 1920. The summed E-state index contributed by atoms with van der Waals surface area (Å²) >= 11 is 11.8. The first-order valence-electron chi connectivity index (χ1n) is 18.7. The number of benzene rings is 4. The molecule has 0 unspecified atom stereocenters. The molecule has 0 fully saturated rings. The van der Waals surface area contributed by atoms with Gasteiger partial charge in [0.25, 0.3) is 0 Å². The lowest BCUT2D eigenvalue weighted by molar-refractivity contribution is -0.132. The van der Waals surface area contributed by atoms with E-state index in [4.69, 9.17) is 61.1 Å². The van der Waals surface area contributed by atoms with Crippen LogP contribution in [-0.4, -0.2) is 103 Å². The van der Waals surface area contributed by atoms with Crippen LogP contribution in [0.5, 0.6) is 46.0 Å². The monoisotopic (exact) mass is 838 g/mol. The number of carbonyl (C=O) groups is 2. The highest BCUT2D eigenvalue weighted by molar-refractivity contribution is 6.27. The highest BCUT2D eigenvalue weighted by Gasteiger charge is 2.34. The number of amides is 2. The topological polar surface area (TPSA) is 114 Å². The Morgan fingerprint density at radius 1 is 0.483 bits per heavy atom. The molecular formula is C44H52Cl2N2O10. The summed E-state index contributed by atoms with van der Waals surface area (Å²) in [6.45, 7) is 1.21. The Hall–Kier alpha value is -5.20. The van der Waals surface area contributed by atoms with E-state index in [1.54, 1.807) is 56.9 Å². The normalized spacial score (nSPS) is 15.5. The van der Waals surface area contributed by atoms with Gasteiger partial charge >= 0.3 is 0 Å². The van der Waals surface area contributed by atoms with E-state index in [1.165, 1.54) is 0 Å². The predicted molar refractivity (Wildman–Crippen MR) is 223 cm³/mol. The highest BCUT2D eigenvalue weighted by atomic mass is 35.5. The third kappa shape index (κ3) is 9.56. The molecule has 2 heterocycles. The van der Waals surface area contributed by atoms with Crippen LogP contribution in [0.4, 0.5) is 0 Å². The first-order valence-corrected chi connectivity index (χ1v) is 19.8. The van der Waals surface area contributed by atoms with Crippen molar-refractivity contribution in [3.63, 3.8) is 0 Å². The molecule has 12 nitrogen and oxygen atoms in total. The van der Waals surface area contributed by atoms with Crippen LogP contribution in [0.15, 0.2) is 60.7 Å². The van der Waals surface area contributed by atoms with Crippen LogP contribution in [0.1, 0.15) is 45.5 Å². The Balaban J connectivity index is 0.000000221. The molecule has 0 spiro atoms. The molecule has 0 radical (unpaired) electrons. The molecule has 2 amide bonds. The first kappa shape index (κ1) is 43.9. The molecule has 0 aromatic heterocycles. The number of alkyl halides is 2. The summed E-state index contributed by atoms with van der Waals surface area (Å²) in [5, 5.41) is 0. The van der Waals surface area contributed by atoms with E-state index in [1.807, 2.05) is 70.5 Å². The number of hydrogen-bond acceptors (Lipinski definition) is 10. The number of methoxy groups -OCH3 is 8. The van der Waals surface area contributed by atoms with Crippen molar-refractivity contribution in [2.24, 2.45) is 0 Å². The van der Waals surface area contributed by atoms with E-state index < -0.39 is 0 Å². The number of rotatable bonds is 14.